The van der Waals surface area contributed by atoms with Gasteiger partial charge in [0.2, 0.25) is 5.89 Å². The molecular weight excluding hydrogens is 468 g/mol. The number of benzene rings is 1. The minimum absolute atomic E-state index is 0.0805. The number of rotatable bonds is 9. The van der Waals surface area contributed by atoms with E-state index in [4.69, 9.17) is 14.3 Å². The van der Waals surface area contributed by atoms with E-state index in [0.29, 0.717) is 17.5 Å². The number of methoxy groups -OCH3 is 1. The summed E-state index contributed by atoms with van der Waals surface area (Å²) < 4.78 is 11.1. The van der Waals surface area contributed by atoms with Crippen molar-refractivity contribution in [1.29, 1.82) is 0 Å². The number of carbonyl (C=O) groups is 1. The molecule has 178 valence electrons. The second-order valence-corrected chi connectivity index (χ2v) is 10.6. The summed E-state index contributed by atoms with van der Waals surface area (Å²) in [7, 11) is 1.65. The molecule has 34 heavy (non-hydrogen) atoms. The van der Waals surface area contributed by atoms with Crippen LogP contribution in [0.3, 0.4) is 0 Å². The smallest absolute Gasteiger partial charge is 0.277 e. The molecule has 0 N–H and O–H groups in total. The summed E-state index contributed by atoms with van der Waals surface area (Å²) in [5.41, 5.74) is 1.96. The Morgan fingerprint density at radius 1 is 1.21 bits per heavy atom. The number of ether oxygens (including phenoxy) is 1. The first-order valence-corrected chi connectivity index (χ1v) is 13.6. The standard InChI is InChI=1S/C25H28N4O3S2/c1-31-19-11-9-18(10-12-19)21-15-20(22-7-4-14-33-22)28-29(21)24(30)16-34-25-27-26-23(32-25)13-8-17-5-2-3-6-17/h4,7,9-12,14,17,21H,2-3,5-6,8,13,15-16H2,1H3. The monoisotopic (exact) mass is 496 g/mol. The van der Waals surface area contributed by atoms with E-state index < -0.39 is 0 Å². The van der Waals surface area contributed by atoms with Crippen molar-refractivity contribution in [2.45, 2.75) is 56.2 Å². The van der Waals surface area contributed by atoms with Gasteiger partial charge >= 0.3 is 0 Å². The van der Waals surface area contributed by atoms with E-state index in [2.05, 4.69) is 10.2 Å². The maximum absolute atomic E-state index is 13.2. The number of aromatic nitrogens is 2. The van der Waals surface area contributed by atoms with Crippen molar-refractivity contribution in [3.63, 3.8) is 0 Å². The zero-order chi connectivity index (χ0) is 23.3. The first kappa shape index (κ1) is 23.1. The number of carbonyl (C=O) groups excluding carboxylic acids is 1. The molecular formula is C25H28N4O3S2. The van der Waals surface area contributed by atoms with Crippen LogP contribution in [0.2, 0.25) is 0 Å². The summed E-state index contributed by atoms with van der Waals surface area (Å²) in [6.07, 6.45) is 7.88. The molecule has 9 heteroatoms. The number of thioether (sulfide) groups is 1. The highest BCUT2D eigenvalue weighted by Gasteiger charge is 2.33. The summed E-state index contributed by atoms with van der Waals surface area (Å²) in [6.45, 7) is 0. The van der Waals surface area contributed by atoms with Crippen molar-refractivity contribution in [2.75, 3.05) is 12.9 Å². The molecule has 2 aromatic heterocycles. The van der Waals surface area contributed by atoms with Gasteiger partial charge in [0.1, 0.15) is 5.75 Å². The Bertz CT molecular complexity index is 1120. The molecule has 1 saturated carbocycles. The van der Waals surface area contributed by atoms with Crippen LogP contribution in [0, 0.1) is 5.92 Å². The predicted octanol–water partition coefficient (Wildman–Crippen LogP) is 5.73. The van der Waals surface area contributed by atoms with Gasteiger partial charge in [-0.25, -0.2) is 5.01 Å². The van der Waals surface area contributed by atoms with Crippen LogP contribution in [0.4, 0.5) is 0 Å². The predicted molar refractivity (Wildman–Crippen MR) is 133 cm³/mol. The van der Waals surface area contributed by atoms with Crippen molar-refractivity contribution < 1.29 is 13.9 Å². The summed E-state index contributed by atoms with van der Waals surface area (Å²) in [4.78, 5) is 14.3. The van der Waals surface area contributed by atoms with Gasteiger partial charge in [-0.1, -0.05) is 55.6 Å². The average Bonchev–Trinajstić information content (AvgIpc) is 3.68. The zero-order valence-corrected chi connectivity index (χ0v) is 20.8. The highest BCUT2D eigenvalue weighted by molar-refractivity contribution is 7.99. The van der Waals surface area contributed by atoms with Crippen molar-refractivity contribution in [1.82, 2.24) is 15.2 Å². The zero-order valence-electron chi connectivity index (χ0n) is 19.2. The van der Waals surface area contributed by atoms with Gasteiger partial charge in [0.25, 0.3) is 11.1 Å². The molecule has 3 aromatic rings. The molecule has 0 spiro atoms. The van der Waals surface area contributed by atoms with Gasteiger partial charge in [-0.2, -0.15) is 5.10 Å². The molecule has 0 saturated heterocycles. The van der Waals surface area contributed by atoms with Gasteiger partial charge in [0, 0.05) is 12.8 Å². The molecule has 1 fully saturated rings. The maximum atomic E-state index is 13.2. The van der Waals surface area contributed by atoms with E-state index in [9.17, 15) is 4.79 Å². The Morgan fingerprint density at radius 2 is 2.03 bits per heavy atom. The largest absolute Gasteiger partial charge is 0.497 e. The third-order valence-corrected chi connectivity index (χ3v) is 8.20. The average molecular weight is 497 g/mol. The normalized spacial score (nSPS) is 18.4. The van der Waals surface area contributed by atoms with Gasteiger partial charge in [-0.05, 0) is 41.5 Å². The molecule has 1 atom stereocenters. The van der Waals surface area contributed by atoms with Crippen LogP contribution in [0.1, 0.15) is 60.9 Å². The van der Waals surface area contributed by atoms with Gasteiger partial charge in [-0.3, -0.25) is 4.79 Å². The molecule has 1 aliphatic carbocycles. The van der Waals surface area contributed by atoms with Crippen LogP contribution in [0.15, 0.2) is 56.5 Å². The molecule has 3 heterocycles. The molecule has 5 rings (SSSR count). The molecule has 0 bridgehead atoms. The number of hydrogen-bond acceptors (Lipinski definition) is 8. The SMILES string of the molecule is COc1ccc(C2CC(c3cccs3)=NN2C(=O)CSc2nnc(CCC3CCCC3)o2)cc1. The van der Waals surface area contributed by atoms with E-state index in [-0.39, 0.29) is 17.7 Å². The summed E-state index contributed by atoms with van der Waals surface area (Å²) in [5, 5.41) is 17.1. The third-order valence-electron chi connectivity index (χ3n) is 6.48. The van der Waals surface area contributed by atoms with Crippen LogP contribution in [0.5, 0.6) is 5.75 Å². The Morgan fingerprint density at radius 3 is 2.76 bits per heavy atom. The lowest BCUT2D eigenvalue weighted by molar-refractivity contribution is -0.130. The van der Waals surface area contributed by atoms with Crippen molar-refractivity contribution >= 4 is 34.7 Å². The van der Waals surface area contributed by atoms with E-state index in [1.54, 1.807) is 23.5 Å². The van der Waals surface area contributed by atoms with Crippen LogP contribution in [0.25, 0.3) is 0 Å². The lowest BCUT2D eigenvalue weighted by atomic mass is 10.0. The summed E-state index contributed by atoms with van der Waals surface area (Å²) in [6, 6.07) is 11.7. The summed E-state index contributed by atoms with van der Waals surface area (Å²) in [5.74, 6) is 2.35. The highest BCUT2D eigenvalue weighted by atomic mass is 32.2. The lowest BCUT2D eigenvalue weighted by Crippen LogP contribution is -2.28. The fraction of sp³-hybridized carbons (Fsp3) is 0.440. The molecule has 1 amide bonds. The second-order valence-electron chi connectivity index (χ2n) is 8.69. The lowest BCUT2D eigenvalue weighted by Gasteiger charge is -2.22. The topological polar surface area (TPSA) is 80.8 Å². The molecule has 2 aliphatic rings. The number of amides is 1. The number of nitrogens with zero attached hydrogens (tertiary/aromatic N) is 4. The second kappa shape index (κ2) is 10.7. The molecule has 1 aliphatic heterocycles. The highest BCUT2D eigenvalue weighted by Crippen LogP contribution is 2.35. The fourth-order valence-corrected chi connectivity index (χ4v) is 5.99. The quantitative estimate of drug-likeness (QED) is 0.352. The Hall–Kier alpha value is -2.65. The van der Waals surface area contributed by atoms with Crippen LogP contribution >= 0.6 is 23.1 Å². The van der Waals surface area contributed by atoms with Crippen molar-refractivity contribution in [3.8, 4) is 5.75 Å². The van der Waals surface area contributed by atoms with Gasteiger partial charge in [0.05, 0.1) is 29.5 Å². The number of hydrazone groups is 1. The molecule has 7 nitrogen and oxygen atoms in total. The van der Waals surface area contributed by atoms with Crippen LogP contribution < -0.4 is 4.74 Å². The third kappa shape index (κ3) is 5.36. The van der Waals surface area contributed by atoms with Crippen molar-refractivity contribution in [3.05, 3.63) is 58.1 Å². The Labute approximate surface area is 207 Å². The number of thiophene rings is 1. The molecule has 1 unspecified atom stereocenters. The minimum Gasteiger partial charge on any atom is -0.497 e. The molecule has 0 radical (unpaired) electrons. The van der Waals surface area contributed by atoms with E-state index in [1.807, 2.05) is 41.8 Å². The van der Waals surface area contributed by atoms with E-state index in [0.717, 1.165) is 40.7 Å². The van der Waals surface area contributed by atoms with Crippen LogP contribution in [-0.4, -0.2) is 39.7 Å². The van der Waals surface area contributed by atoms with Gasteiger partial charge in [-0.15, -0.1) is 21.5 Å². The minimum atomic E-state index is -0.152. The first-order valence-electron chi connectivity index (χ1n) is 11.7. The van der Waals surface area contributed by atoms with Gasteiger partial charge in [0.15, 0.2) is 0 Å². The number of hydrogen-bond donors (Lipinski definition) is 0. The Kier molecular flexibility index (Phi) is 7.30. The number of aryl methyl sites for hydroxylation is 1. The van der Waals surface area contributed by atoms with E-state index in [1.165, 1.54) is 37.4 Å². The first-order chi connectivity index (χ1) is 16.7. The fourth-order valence-electron chi connectivity index (χ4n) is 4.63. The molecule has 1 aromatic carbocycles. The van der Waals surface area contributed by atoms with Gasteiger partial charge < -0.3 is 9.15 Å². The van der Waals surface area contributed by atoms with Crippen LogP contribution in [-0.2, 0) is 11.2 Å². The Balaban J connectivity index is 1.24. The summed E-state index contributed by atoms with van der Waals surface area (Å²) >= 11 is 2.91. The van der Waals surface area contributed by atoms with Crippen molar-refractivity contribution in [2.24, 2.45) is 11.0 Å². The maximum Gasteiger partial charge on any atom is 0.277 e. The van der Waals surface area contributed by atoms with E-state index >= 15 is 0 Å².